The number of amides is 1. The van der Waals surface area contributed by atoms with Gasteiger partial charge in [-0.3, -0.25) is 19.6 Å². The van der Waals surface area contributed by atoms with Gasteiger partial charge < -0.3 is 14.4 Å². The van der Waals surface area contributed by atoms with Crippen molar-refractivity contribution in [1.82, 2.24) is 4.90 Å². The number of hydrogen-bond donors (Lipinski definition) is 1. The summed E-state index contributed by atoms with van der Waals surface area (Å²) in [4.78, 5) is 24.5. The Labute approximate surface area is 177 Å². The first-order valence-corrected chi connectivity index (χ1v) is 10.6. The van der Waals surface area contributed by atoms with Crippen LogP contribution in [-0.2, 0) is 14.8 Å². The molecule has 1 amide bonds. The van der Waals surface area contributed by atoms with Crippen LogP contribution in [0.15, 0.2) is 41.3 Å². The second-order valence-electron chi connectivity index (χ2n) is 6.29. The molecule has 12 heteroatoms. The summed E-state index contributed by atoms with van der Waals surface area (Å²) in [6.07, 6.45) is 0. The largest absolute Gasteiger partial charge is 0.496 e. The van der Waals surface area contributed by atoms with E-state index in [2.05, 4.69) is 4.72 Å². The molecule has 2 aromatic carbocycles. The number of sulfonamides is 1. The van der Waals surface area contributed by atoms with Crippen LogP contribution in [0.1, 0.15) is 10.4 Å². The van der Waals surface area contributed by atoms with Crippen LogP contribution in [-0.4, -0.2) is 57.6 Å². The zero-order chi connectivity index (χ0) is 21.9. The van der Waals surface area contributed by atoms with E-state index in [1.54, 1.807) is 4.90 Å². The Hall–Kier alpha value is -2.89. The molecule has 0 saturated carbocycles. The fourth-order valence-corrected chi connectivity index (χ4v) is 4.18. The normalized spacial score (nSPS) is 14.3. The molecule has 30 heavy (non-hydrogen) atoms. The van der Waals surface area contributed by atoms with Crippen LogP contribution in [0.25, 0.3) is 0 Å². The lowest BCUT2D eigenvalue weighted by Gasteiger charge is -2.27. The molecule has 0 radical (unpaired) electrons. The molecule has 1 fully saturated rings. The molecule has 1 aliphatic rings. The van der Waals surface area contributed by atoms with Crippen LogP contribution >= 0.6 is 11.6 Å². The quantitative estimate of drug-likeness (QED) is 0.523. The standard InChI is InChI=1S/C18H18ClN3O7S/c1-28-17-5-3-13(11-14(17)18(23)21-6-8-29-9-7-21)30(26,27)20-16-10-12(22(24)25)2-4-15(16)19/h2-5,10-11,20H,6-9H2,1H3. The Morgan fingerprint density at radius 2 is 1.93 bits per heavy atom. The van der Waals surface area contributed by atoms with Gasteiger partial charge in [-0.05, 0) is 24.3 Å². The highest BCUT2D eigenvalue weighted by Gasteiger charge is 2.25. The zero-order valence-electron chi connectivity index (χ0n) is 15.8. The molecule has 2 aromatic rings. The van der Waals surface area contributed by atoms with Crippen LogP contribution in [0.3, 0.4) is 0 Å². The molecule has 0 bridgehead atoms. The maximum Gasteiger partial charge on any atom is 0.271 e. The molecule has 0 aromatic heterocycles. The first-order valence-electron chi connectivity index (χ1n) is 8.75. The lowest BCUT2D eigenvalue weighted by Crippen LogP contribution is -2.40. The first kappa shape index (κ1) is 21.8. The molecule has 3 rings (SSSR count). The van der Waals surface area contributed by atoms with Gasteiger partial charge in [0.1, 0.15) is 5.75 Å². The number of halogens is 1. The number of methoxy groups -OCH3 is 1. The third kappa shape index (κ3) is 4.64. The number of nitrogens with zero attached hydrogens (tertiary/aromatic N) is 2. The average Bonchev–Trinajstić information content (AvgIpc) is 2.74. The smallest absolute Gasteiger partial charge is 0.271 e. The van der Waals surface area contributed by atoms with Crippen molar-refractivity contribution < 1.29 is 27.6 Å². The van der Waals surface area contributed by atoms with Crippen LogP contribution in [0.5, 0.6) is 5.75 Å². The summed E-state index contributed by atoms with van der Waals surface area (Å²) >= 11 is 5.98. The van der Waals surface area contributed by atoms with Gasteiger partial charge in [0.2, 0.25) is 0 Å². The predicted octanol–water partition coefficient (Wildman–Crippen LogP) is 2.53. The molecule has 10 nitrogen and oxygen atoms in total. The topological polar surface area (TPSA) is 128 Å². The number of anilines is 1. The molecule has 0 aliphatic carbocycles. The zero-order valence-corrected chi connectivity index (χ0v) is 17.4. The van der Waals surface area contributed by atoms with Crippen LogP contribution in [0.2, 0.25) is 5.02 Å². The number of hydrogen-bond acceptors (Lipinski definition) is 7. The van der Waals surface area contributed by atoms with E-state index in [9.17, 15) is 23.3 Å². The number of morpholine rings is 1. The van der Waals surface area contributed by atoms with Gasteiger partial charge in [0.15, 0.2) is 0 Å². The van der Waals surface area contributed by atoms with Gasteiger partial charge in [-0.15, -0.1) is 0 Å². The number of carbonyl (C=O) groups is 1. The van der Waals surface area contributed by atoms with E-state index in [-0.39, 0.29) is 38.5 Å². The highest BCUT2D eigenvalue weighted by molar-refractivity contribution is 7.92. The third-order valence-corrected chi connectivity index (χ3v) is 6.11. The maximum atomic E-state index is 12.9. The average molecular weight is 456 g/mol. The third-order valence-electron chi connectivity index (χ3n) is 4.42. The minimum Gasteiger partial charge on any atom is -0.496 e. The van der Waals surface area contributed by atoms with Gasteiger partial charge in [-0.25, -0.2) is 8.42 Å². The Bertz CT molecular complexity index is 1090. The fourth-order valence-electron chi connectivity index (χ4n) is 2.87. The number of nitro benzene ring substituents is 1. The molecular weight excluding hydrogens is 438 g/mol. The number of ether oxygens (including phenoxy) is 2. The van der Waals surface area contributed by atoms with E-state index >= 15 is 0 Å². The van der Waals surface area contributed by atoms with Gasteiger partial charge in [0, 0.05) is 25.2 Å². The molecule has 0 atom stereocenters. The van der Waals surface area contributed by atoms with E-state index in [4.69, 9.17) is 21.1 Å². The van der Waals surface area contributed by atoms with Crippen LogP contribution in [0.4, 0.5) is 11.4 Å². The van der Waals surface area contributed by atoms with Gasteiger partial charge in [-0.1, -0.05) is 11.6 Å². The van der Waals surface area contributed by atoms with Crippen LogP contribution in [0, 0.1) is 10.1 Å². The monoisotopic (exact) mass is 455 g/mol. The van der Waals surface area contributed by atoms with Gasteiger partial charge in [-0.2, -0.15) is 0 Å². The number of nitrogens with one attached hydrogen (secondary N) is 1. The van der Waals surface area contributed by atoms with Crippen molar-refractivity contribution in [1.29, 1.82) is 0 Å². The second kappa shape index (κ2) is 8.86. The number of carbonyl (C=O) groups excluding carboxylic acids is 1. The Kier molecular flexibility index (Phi) is 6.44. The van der Waals surface area contributed by atoms with Crippen molar-refractivity contribution >= 4 is 38.9 Å². The van der Waals surface area contributed by atoms with E-state index < -0.39 is 14.9 Å². The van der Waals surface area contributed by atoms with Crippen molar-refractivity contribution in [3.63, 3.8) is 0 Å². The van der Waals surface area contributed by atoms with E-state index in [1.165, 1.54) is 31.4 Å². The van der Waals surface area contributed by atoms with Crippen molar-refractivity contribution in [2.45, 2.75) is 4.90 Å². The van der Waals surface area contributed by atoms with Crippen molar-refractivity contribution in [3.8, 4) is 5.75 Å². The molecule has 1 saturated heterocycles. The fraction of sp³-hybridized carbons (Fsp3) is 0.278. The lowest BCUT2D eigenvalue weighted by atomic mass is 10.1. The second-order valence-corrected chi connectivity index (χ2v) is 8.38. The van der Waals surface area contributed by atoms with E-state index in [1.807, 2.05) is 0 Å². The Morgan fingerprint density at radius 1 is 1.23 bits per heavy atom. The summed E-state index contributed by atoms with van der Waals surface area (Å²) in [5.41, 5.74) is -0.398. The summed E-state index contributed by atoms with van der Waals surface area (Å²) in [5, 5.41) is 10.9. The highest BCUT2D eigenvalue weighted by Crippen LogP contribution is 2.30. The highest BCUT2D eigenvalue weighted by atomic mass is 35.5. The Balaban J connectivity index is 1.95. The number of non-ortho nitro benzene ring substituents is 1. The van der Waals surface area contributed by atoms with Crippen molar-refractivity contribution in [2.75, 3.05) is 38.1 Å². The molecule has 0 spiro atoms. The summed E-state index contributed by atoms with van der Waals surface area (Å²) in [6.45, 7) is 1.53. The minimum atomic E-state index is -4.20. The minimum absolute atomic E-state index is 0.0118. The molecule has 1 heterocycles. The summed E-state index contributed by atoms with van der Waals surface area (Å²) in [7, 11) is -2.82. The van der Waals surface area contributed by atoms with E-state index in [0.29, 0.717) is 26.3 Å². The predicted molar refractivity (Wildman–Crippen MR) is 109 cm³/mol. The SMILES string of the molecule is COc1ccc(S(=O)(=O)Nc2cc([N+](=O)[O-])ccc2Cl)cc1C(=O)N1CCOCC1. The van der Waals surface area contributed by atoms with E-state index in [0.717, 1.165) is 12.1 Å². The molecule has 0 unspecified atom stereocenters. The van der Waals surface area contributed by atoms with Crippen molar-refractivity contribution in [2.24, 2.45) is 0 Å². The molecule has 1 N–H and O–H groups in total. The van der Waals surface area contributed by atoms with Gasteiger partial charge in [0.05, 0.1) is 46.4 Å². The maximum absolute atomic E-state index is 12.9. The number of nitro groups is 1. The molecular formula is C18H18ClN3O7S. The van der Waals surface area contributed by atoms with Crippen LogP contribution < -0.4 is 9.46 Å². The summed E-state index contributed by atoms with van der Waals surface area (Å²) < 4.78 is 38.4. The summed E-state index contributed by atoms with van der Waals surface area (Å²) in [6, 6.07) is 7.23. The van der Waals surface area contributed by atoms with Gasteiger partial charge >= 0.3 is 0 Å². The van der Waals surface area contributed by atoms with Gasteiger partial charge in [0.25, 0.3) is 21.6 Å². The van der Waals surface area contributed by atoms with Crippen molar-refractivity contribution in [3.05, 3.63) is 57.1 Å². The number of rotatable bonds is 6. The summed E-state index contributed by atoms with van der Waals surface area (Å²) in [5.74, 6) is -0.167. The number of benzene rings is 2. The lowest BCUT2D eigenvalue weighted by molar-refractivity contribution is -0.384. The first-order chi connectivity index (χ1) is 14.2. The molecule has 1 aliphatic heterocycles. The molecule has 160 valence electrons. The Morgan fingerprint density at radius 3 is 2.57 bits per heavy atom.